The molecule has 2 aliphatic heterocycles. The van der Waals surface area contributed by atoms with Crippen LogP contribution in [0.4, 0.5) is 5.69 Å². The van der Waals surface area contributed by atoms with Crippen LogP contribution in [-0.2, 0) is 9.59 Å². The van der Waals surface area contributed by atoms with Crippen molar-refractivity contribution in [1.82, 2.24) is 4.90 Å². The standard InChI is InChI=1S/C21H32N4O2/c1-17-7-6-8-18(2)21(17)22-19(26)15-24-11-13-25(14-12-24)20(27)16-23-9-4-3-5-10-23/h6-8H,3-5,9-16H2,1-2H3,(H,22,26)/p+2. The van der Waals surface area contributed by atoms with Gasteiger partial charge >= 0.3 is 0 Å². The van der Waals surface area contributed by atoms with Crippen LogP contribution in [0, 0.1) is 13.8 Å². The van der Waals surface area contributed by atoms with Crippen molar-refractivity contribution in [2.45, 2.75) is 33.1 Å². The minimum Gasteiger partial charge on any atom is -0.327 e. The smallest absolute Gasteiger partial charge is 0.279 e. The summed E-state index contributed by atoms with van der Waals surface area (Å²) in [5.41, 5.74) is 3.11. The van der Waals surface area contributed by atoms with E-state index in [1.807, 2.05) is 36.9 Å². The van der Waals surface area contributed by atoms with Gasteiger partial charge in [-0.05, 0) is 44.2 Å². The topological polar surface area (TPSA) is 58.3 Å². The Kier molecular flexibility index (Phi) is 6.85. The van der Waals surface area contributed by atoms with Gasteiger partial charge in [0.15, 0.2) is 13.1 Å². The molecule has 2 heterocycles. The van der Waals surface area contributed by atoms with E-state index in [1.54, 1.807) is 0 Å². The molecule has 2 amide bonds. The van der Waals surface area contributed by atoms with Crippen molar-refractivity contribution in [2.24, 2.45) is 0 Å². The molecule has 1 aromatic rings. The van der Waals surface area contributed by atoms with Gasteiger partial charge in [-0.25, -0.2) is 0 Å². The molecule has 3 rings (SSSR count). The maximum atomic E-state index is 12.5. The molecule has 6 heteroatoms. The summed E-state index contributed by atoms with van der Waals surface area (Å²) < 4.78 is 0. The van der Waals surface area contributed by atoms with Gasteiger partial charge in [0.05, 0.1) is 39.3 Å². The van der Waals surface area contributed by atoms with Crippen LogP contribution in [0.15, 0.2) is 18.2 Å². The quantitative estimate of drug-likeness (QED) is 0.622. The van der Waals surface area contributed by atoms with Gasteiger partial charge in [-0.2, -0.15) is 0 Å². The van der Waals surface area contributed by atoms with Crippen LogP contribution in [0.5, 0.6) is 0 Å². The first-order valence-electron chi connectivity index (χ1n) is 10.3. The first-order chi connectivity index (χ1) is 13.0. The number of para-hydroxylation sites is 1. The van der Waals surface area contributed by atoms with Gasteiger partial charge in [-0.1, -0.05) is 18.2 Å². The Balaban J connectivity index is 1.42. The minimum absolute atomic E-state index is 0.0555. The summed E-state index contributed by atoms with van der Waals surface area (Å²) in [6.07, 6.45) is 3.80. The highest BCUT2D eigenvalue weighted by Crippen LogP contribution is 2.18. The molecular formula is C21H34N4O2+2. The Morgan fingerprint density at radius 3 is 2.15 bits per heavy atom. The summed E-state index contributed by atoms with van der Waals surface area (Å²) in [6, 6.07) is 6.04. The van der Waals surface area contributed by atoms with Gasteiger partial charge in [-0.3, -0.25) is 9.59 Å². The number of piperidine rings is 1. The van der Waals surface area contributed by atoms with Crippen molar-refractivity contribution in [3.05, 3.63) is 29.3 Å². The SMILES string of the molecule is Cc1cccc(C)c1NC(=O)C[NH+]1CCN(C(=O)C[NH+]2CCCCC2)CC1. The Bertz CT molecular complexity index is 642. The number of likely N-dealkylation sites (tertiary alicyclic amines) is 1. The number of carbonyl (C=O) groups excluding carboxylic acids is 2. The van der Waals surface area contributed by atoms with E-state index in [1.165, 1.54) is 29.1 Å². The van der Waals surface area contributed by atoms with E-state index in [0.29, 0.717) is 13.1 Å². The maximum Gasteiger partial charge on any atom is 0.279 e. The molecule has 1 aromatic carbocycles. The molecule has 2 fully saturated rings. The first-order valence-corrected chi connectivity index (χ1v) is 10.3. The largest absolute Gasteiger partial charge is 0.327 e. The molecule has 148 valence electrons. The van der Waals surface area contributed by atoms with Crippen LogP contribution in [0.3, 0.4) is 0 Å². The lowest BCUT2D eigenvalue weighted by atomic mass is 10.1. The zero-order chi connectivity index (χ0) is 19.2. The van der Waals surface area contributed by atoms with Gasteiger partial charge in [0.25, 0.3) is 11.8 Å². The number of hydrogen-bond acceptors (Lipinski definition) is 2. The molecular weight excluding hydrogens is 340 g/mol. The summed E-state index contributed by atoms with van der Waals surface area (Å²) >= 11 is 0. The minimum atomic E-state index is 0.0555. The molecule has 0 spiro atoms. The fourth-order valence-corrected chi connectivity index (χ4v) is 4.23. The second-order valence-electron chi connectivity index (χ2n) is 8.11. The van der Waals surface area contributed by atoms with Gasteiger partial charge < -0.3 is 20.0 Å². The number of piperazine rings is 1. The normalized spacial score (nSPS) is 19.1. The summed E-state index contributed by atoms with van der Waals surface area (Å²) in [6.45, 7) is 10.6. The zero-order valence-corrected chi connectivity index (χ0v) is 16.8. The number of amides is 2. The number of nitrogens with zero attached hydrogens (tertiary/aromatic N) is 1. The van der Waals surface area contributed by atoms with Crippen LogP contribution in [0.1, 0.15) is 30.4 Å². The summed E-state index contributed by atoms with van der Waals surface area (Å²) in [5.74, 6) is 0.339. The predicted octanol–water partition coefficient (Wildman–Crippen LogP) is -0.962. The van der Waals surface area contributed by atoms with Crippen LogP contribution < -0.4 is 15.1 Å². The lowest BCUT2D eigenvalue weighted by Gasteiger charge is -2.33. The molecule has 0 bridgehead atoms. The molecule has 2 saturated heterocycles. The predicted molar refractivity (Wildman–Crippen MR) is 106 cm³/mol. The second-order valence-corrected chi connectivity index (χ2v) is 8.11. The number of nitrogens with one attached hydrogen (secondary N) is 3. The molecule has 0 saturated carbocycles. The number of rotatable bonds is 5. The molecule has 2 aliphatic rings. The number of benzene rings is 1. The van der Waals surface area contributed by atoms with Crippen LogP contribution in [0.2, 0.25) is 0 Å². The molecule has 0 aliphatic carbocycles. The Morgan fingerprint density at radius 2 is 1.52 bits per heavy atom. The van der Waals surface area contributed by atoms with Crippen LogP contribution in [-0.4, -0.2) is 69.1 Å². The van der Waals surface area contributed by atoms with Crippen molar-refractivity contribution in [3.63, 3.8) is 0 Å². The highest BCUT2D eigenvalue weighted by Gasteiger charge is 2.28. The number of hydrogen-bond donors (Lipinski definition) is 3. The summed E-state index contributed by atoms with van der Waals surface area (Å²) in [7, 11) is 0. The van der Waals surface area contributed by atoms with E-state index < -0.39 is 0 Å². The molecule has 0 atom stereocenters. The average Bonchev–Trinajstić information content (AvgIpc) is 2.66. The van der Waals surface area contributed by atoms with E-state index >= 15 is 0 Å². The third-order valence-corrected chi connectivity index (χ3v) is 5.94. The van der Waals surface area contributed by atoms with E-state index in [0.717, 1.165) is 56.1 Å². The fraction of sp³-hybridized carbons (Fsp3) is 0.619. The lowest BCUT2D eigenvalue weighted by molar-refractivity contribution is -0.899. The number of anilines is 1. The Morgan fingerprint density at radius 1 is 0.926 bits per heavy atom. The maximum absolute atomic E-state index is 12.5. The molecule has 0 radical (unpaired) electrons. The fourth-order valence-electron chi connectivity index (χ4n) is 4.23. The van der Waals surface area contributed by atoms with E-state index in [-0.39, 0.29) is 11.8 Å². The van der Waals surface area contributed by atoms with Crippen molar-refractivity contribution in [2.75, 3.05) is 57.7 Å². The monoisotopic (exact) mass is 374 g/mol. The van der Waals surface area contributed by atoms with Crippen molar-refractivity contribution in [3.8, 4) is 0 Å². The van der Waals surface area contributed by atoms with Crippen molar-refractivity contribution >= 4 is 17.5 Å². The Hall–Kier alpha value is -1.92. The van der Waals surface area contributed by atoms with Crippen molar-refractivity contribution in [1.29, 1.82) is 0 Å². The molecule has 6 nitrogen and oxygen atoms in total. The average molecular weight is 375 g/mol. The Labute approximate surface area is 162 Å². The highest BCUT2D eigenvalue weighted by atomic mass is 16.2. The van der Waals surface area contributed by atoms with Crippen LogP contribution >= 0.6 is 0 Å². The zero-order valence-electron chi connectivity index (χ0n) is 16.8. The van der Waals surface area contributed by atoms with Gasteiger partial charge in [0.2, 0.25) is 0 Å². The molecule has 0 aromatic heterocycles. The number of carbonyl (C=O) groups is 2. The van der Waals surface area contributed by atoms with E-state index in [9.17, 15) is 9.59 Å². The second kappa shape index (κ2) is 9.33. The number of aryl methyl sites for hydroxylation is 2. The van der Waals surface area contributed by atoms with Gasteiger partial charge in [-0.15, -0.1) is 0 Å². The van der Waals surface area contributed by atoms with Gasteiger partial charge in [0, 0.05) is 5.69 Å². The van der Waals surface area contributed by atoms with E-state index in [2.05, 4.69) is 5.32 Å². The van der Waals surface area contributed by atoms with Gasteiger partial charge in [0.1, 0.15) is 0 Å². The van der Waals surface area contributed by atoms with E-state index in [4.69, 9.17) is 0 Å². The molecule has 3 N–H and O–H groups in total. The molecule has 0 unspecified atom stereocenters. The first kappa shape index (κ1) is 19.8. The highest BCUT2D eigenvalue weighted by molar-refractivity contribution is 5.93. The third-order valence-electron chi connectivity index (χ3n) is 5.94. The molecule has 27 heavy (non-hydrogen) atoms. The lowest BCUT2D eigenvalue weighted by Crippen LogP contribution is -3.16. The summed E-state index contributed by atoms with van der Waals surface area (Å²) in [4.78, 5) is 29.7. The van der Waals surface area contributed by atoms with Crippen molar-refractivity contribution < 1.29 is 19.4 Å². The number of quaternary nitrogens is 2. The third kappa shape index (κ3) is 5.53. The summed E-state index contributed by atoms with van der Waals surface area (Å²) in [5, 5.41) is 3.07. The van der Waals surface area contributed by atoms with Crippen LogP contribution in [0.25, 0.3) is 0 Å².